The summed E-state index contributed by atoms with van der Waals surface area (Å²) in [7, 11) is 3.18. The molecule has 0 radical (unpaired) electrons. The lowest BCUT2D eigenvalue weighted by atomic mass is 10.1. The summed E-state index contributed by atoms with van der Waals surface area (Å²) in [6, 6.07) is 5.15. The van der Waals surface area contributed by atoms with Crippen LogP contribution in [0.4, 0.5) is 11.4 Å². The zero-order valence-electron chi connectivity index (χ0n) is 13.1. The summed E-state index contributed by atoms with van der Waals surface area (Å²) in [5.74, 6) is -0.840. The molecule has 23 heavy (non-hydrogen) atoms. The van der Waals surface area contributed by atoms with Gasteiger partial charge in [-0.2, -0.15) is 0 Å². The van der Waals surface area contributed by atoms with Gasteiger partial charge in [-0.1, -0.05) is 6.08 Å². The predicted octanol–water partition coefficient (Wildman–Crippen LogP) is 0.924. The van der Waals surface area contributed by atoms with E-state index in [1.54, 1.807) is 18.2 Å². The number of rotatable bonds is 4. The number of nitrogens with one attached hydrogen (secondary N) is 2. The summed E-state index contributed by atoms with van der Waals surface area (Å²) in [5, 5.41) is 5.47. The van der Waals surface area contributed by atoms with E-state index in [0.29, 0.717) is 24.2 Å². The first-order valence-electron chi connectivity index (χ1n) is 7.19. The van der Waals surface area contributed by atoms with E-state index in [4.69, 9.17) is 0 Å². The minimum Gasteiger partial charge on any atom is -0.466 e. The molecule has 0 aromatic heterocycles. The minimum absolute atomic E-state index is 0.0748. The SMILES string of the molecule is COC(=O)/C=C/CNC(=O)c1ccc2c(c1)NC(=O)CCN2C. The standard InChI is InChI=1S/C16H19N3O4/c1-19-9-7-14(20)18-12-10-11(5-6-13(12)19)16(22)17-8-3-4-15(21)23-2/h3-6,10H,7-9H2,1-2H3,(H,17,22)(H,18,20)/b4-3+. The molecule has 122 valence electrons. The average molecular weight is 317 g/mol. The summed E-state index contributed by atoms with van der Waals surface area (Å²) in [5.41, 5.74) is 1.93. The highest BCUT2D eigenvalue weighted by Crippen LogP contribution is 2.28. The summed E-state index contributed by atoms with van der Waals surface area (Å²) in [6.07, 6.45) is 3.15. The fourth-order valence-corrected chi connectivity index (χ4v) is 2.19. The summed E-state index contributed by atoms with van der Waals surface area (Å²) in [6.45, 7) is 0.833. The number of hydrogen-bond donors (Lipinski definition) is 2. The number of nitrogens with zero attached hydrogens (tertiary/aromatic N) is 1. The Labute approximate surface area is 134 Å². The Balaban J connectivity index is 2.06. The van der Waals surface area contributed by atoms with Crippen LogP contribution in [-0.4, -0.2) is 45.0 Å². The Morgan fingerprint density at radius 2 is 2.22 bits per heavy atom. The van der Waals surface area contributed by atoms with E-state index in [2.05, 4.69) is 15.4 Å². The van der Waals surface area contributed by atoms with Gasteiger partial charge in [0, 0.05) is 38.2 Å². The van der Waals surface area contributed by atoms with Gasteiger partial charge in [0.05, 0.1) is 18.5 Å². The van der Waals surface area contributed by atoms with Crippen LogP contribution >= 0.6 is 0 Å². The van der Waals surface area contributed by atoms with Gasteiger partial charge >= 0.3 is 5.97 Å². The van der Waals surface area contributed by atoms with Crippen molar-refractivity contribution in [2.75, 3.05) is 37.5 Å². The second-order valence-electron chi connectivity index (χ2n) is 5.09. The third kappa shape index (κ3) is 4.32. The number of hydrogen-bond acceptors (Lipinski definition) is 5. The summed E-state index contributed by atoms with van der Waals surface area (Å²) >= 11 is 0. The Morgan fingerprint density at radius 3 is 2.96 bits per heavy atom. The fraction of sp³-hybridized carbons (Fsp3) is 0.312. The third-order valence-electron chi connectivity index (χ3n) is 3.45. The van der Waals surface area contributed by atoms with E-state index in [1.807, 2.05) is 11.9 Å². The Hall–Kier alpha value is -2.83. The van der Waals surface area contributed by atoms with Gasteiger partial charge in [-0.3, -0.25) is 9.59 Å². The van der Waals surface area contributed by atoms with E-state index in [1.165, 1.54) is 19.3 Å². The van der Waals surface area contributed by atoms with Crippen molar-refractivity contribution in [2.24, 2.45) is 0 Å². The monoisotopic (exact) mass is 317 g/mol. The molecule has 1 aliphatic rings. The maximum Gasteiger partial charge on any atom is 0.330 e. The highest BCUT2D eigenvalue weighted by atomic mass is 16.5. The number of ether oxygens (including phenoxy) is 1. The molecule has 2 amide bonds. The van der Waals surface area contributed by atoms with Crippen LogP contribution in [0.3, 0.4) is 0 Å². The van der Waals surface area contributed by atoms with Crippen molar-refractivity contribution in [1.82, 2.24) is 5.32 Å². The van der Waals surface area contributed by atoms with Crippen LogP contribution in [-0.2, 0) is 14.3 Å². The molecule has 0 bridgehead atoms. The first kappa shape index (κ1) is 16.5. The number of anilines is 2. The lowest BCUT2D eigenvalue weighted by Gasteiger charge is -2.18. The van der Waals surface area contributed by atoms with Gasteiger partial charge in [-0.05, 0) is 18.2 Å². The molecule has 2 N–H and O–H groups in total. The maximum atomic E-state index is 12.1. The topological polar surface area (TPSA) is 87.7 Å². The Morgan fingerprint density at radius 1 is 1.43 bits per heavy atom. The van der Waals surface area contributed by atoms with Crippen LogP contribution in [0.2, 0.25) is 0 Å². The number of amides is 2. The van der Waals surface area contributed by atoms with Crippen molar-refractivity contribution in [3.63, 3.8) is 0 Å². The van der Waals surface area contributed by atoms with Crippen LogP contribution in [0.25, 0.3) is 0 Å². The molecular formula is C16H19N3O4. The highest BCUT2D eigenvalue weighted by molar-refractivity contribution is 6.01. The number of carbonyl (C=O) groups excluding carboxylic acids is 3. The fourth-order valence-electron chi connectivity index (χ4n) is 2.19. The highest BCUT2D eigenvalue weighted by Gasteiger charge is 2.18. The lowest BCUT2D eigenvalue weighted by Crippen LogP contribution is -2.24. The van der Waals surface area contributed by atoms with Gasteiger partial charge in [0.25, 0.3) is 5.91 Å². The molecule has 0 saturated carbocycles. The molecule has 0 spiro atoms. The second-order valence-corrected chi connectivity index (χ2v) is 5.09. The van der Waals surface area contributed by atoms with Crippen LogP contribution in [0.1, 0.15) is 16.8 Å². The van der Waals surface area contributed by atoms with Crippen LogP contribution in [0.15, 0.2) is 30.4 Å². The zero-order valence-corrected chi connectivity index (χ0v) is 13.1. The normalized spacial score (nSPS) is 14.0. The van der Waals surface area contributed by atoms with Crippen molar-refractivity contribution in [2.45, 2.75) is 6.42 Å². The first-order chi connectivity index (χ1) is 11.0. The van der Waals surface area contributed by atoms with Crippen molar-refractivity contribution >= 4 is 29.2 Å². The van der Waals surface area contributed by atoms with E-state index < -0.39 is 5.97 Å². The van der Waals surface area contributed by atoms with E-state index in [0.717, 1.165) is 5.69 Å². The number of benzene rings is 1. The summed E-state index contributed by atoms with van der Waals surface area (Å²) in [4.78, 5) is 36.7. The molecule has 0 atom stereocenters. The maximum absolute atomic E-state index is 12.1. The average Bonchev–Trinajstić information content (AvgIpc) is 2.69. The largest absolute Gasteiger partial charge is 0.466 e. The van der Waals surface area contributed by atoms with Gasteiger partial charge in [0.1, 0.15) is 0 Å². The lowest BCUT2D eigenvalue weighted by molar-refractivity contribution is -0.134. The van der Waals surface area contributed by atoms with Crippen molar-refractivity contribution < 1.29 is 19.1 Å². The van der Waals surface area contributed by atoms with Crippen LogP contribution in [0.5, 0.6) is 0 Å². The van der Waals surface area contributed by atoms with Crippen molar-refractivity contribution in [3.8, 4) is 0 Å². The minimum atomic E-state index is -0.477. The summed E-state index contributed by atoms with van der Waals surface area (Å²) < 4.78 is 4.45. The molecule has 0 aliphatic carbocycles. The first-order valence-corrected chi connectivity index (χ1v) is 7.19. The molecule has 7 nitrogen and oxygen atoms in total. The van der Waals surface area contributed by atoms with Gasteiger partial charge in [-0.15, -0.1) is 0 Å². The van der Waals surface area contributed by atoms with Crippen molar-refractivity contribution in [1.29, 1.82) is 0 Å². The van der Waals surface area contributed by atoms with Gasteiger partial charge < -0.3 is 20.3 Å². The van der Waals surface area contributed by atoms with E-state index in [-0.39, 0.29) is 18.4 Å². The van der Waals surface area contributed by atoms with E-state index in [9.17, 15) is 14.4 Å². The Kier molecular flexibility index (Phi) is 5.35. The number of carbonyl (C=O) groups is 3. The molecule has 0 saturated heterocycles. The Bertz CT molecular complexity index is 655. The molecule has 7 heteroatoms. The van der Waals surface area contributed by atoms with Gasteiger partial charge in [0.2, 0.25) is 5.91 Å². The number of esters is 1. The van der Waals surface area contributed by atoms with E-state index >= 15 is 0 Å². The molecular weight excluding hydrogens is 298 g/mol. The van der Waals surface area contributed by atoms with Crippen LogP contribution < -0.4 is 15.5 Å². The van der Waals surface area contributed by atoms with Crippen molar-refractivity contribution in [3.05, 3.63) is 35.9 Å². The third-order valence-corrected chi connectivity index (χ3v) is 3.45. The second kappa shape index (κ2) is 7.44. The molecule has 0 fully saturated rings. The smallest absolute Gasteiger partial charge is 0.330 e. The number of fused-ring (bicyclic) bond motifs is 1. The zero-order chi connectivity index (χ0) is 16.8. The number of methoxy groups -OCH3 is 1. The van der Waals surface area contributed by atoms with Gasteiger partial charge in [-0.25, -0.2) is 4.79 Å². The molecule has 1 aliphatic heterocycles. The quantitative estimate of drug-likeness (QED) is 0.637. The predicted molar refractivity (Wildman–Crippen MR) is 86.4 cm³/mol. The molecule has 0 unspecified atom stereocenters. The molecule has 2 rings (SSSR count). The molecule has 1 aromatic rings. The van der Waals surface area contributed by atoms with Gasteiger partial charge in [0.15, 0.2) is 0 Å². The molecule has 1 aromatic carbocycles. The van der Waals surface area contributed by atoms with Crippen LogP contribution in [0, 0.1) is 0 Å². The molecule has 1 heterocycles.